The number of rotatable bonds is 3. The number of benzene rings is 1. The van der Waals surface area contributed by atoms with Crippen LogP contribution in [0, 0.1) is 0 Å². The van der Waals surface area contributed by atoms with Crippen molar-refractivity contribution in [3.63, 3.8) is 0 Å². The average molecular weight is 150 g/mol. The van der Waals surface area contributed by atoms with Crippen LogP contribution in [0.1, 0.15) is 5.56 Å². The molecule has 3 nitrogen and oxygen atoms in total. The van der Waals surface area contributed by atoms with Gasteiger partial charge in [-0.2, -0.15) is 0 Å². The zero-order valence-corrected chi connectivity index (χ0v) is 5.91. The Morgan fingerprint density at radius 1 is 1.45 bits per heavy atom. The molecule has 0 amide bonds. The molecule has 1 aromatic carbocycles. The summed E-state index contributed by atoms with van der Waals surface area (Å²) in [7, 11) is 0. The molecule has 1 aromatic rings. The molecule has 0 unspecified atom stereocenters. The number of para-hydroxylation sites is 1. The third-order valence-corrected chi connectivity index (χ3v) is 1.34. The molecule has 0 spiro atoms. The molecule has 0 aliphatic heterocycles. The summed E-state index contributed by atoms with van der Waals surface area (Å²) in [4.78, 5) is 9.70. The number of carbonyl (C=O) groups excluding carboxylic acids is 1. The van der Waals surface area contributed by atoms with E-state index in [2.05, 4.69) is 4.74 Å². The Balaban J connectivity index is 2.69. The van der Waals surface area contributed by atoms with E-state index in [1.54, 1.807) is 12.1 Å². The highest BCUT2D eigenvalue weighted by atomic mass is 16.5. The molecule has 0 bridgehead atoms. The fourth-order valence-electron chi connectivity index (χ4n) is 0.773. The summed E-state index contributed by atoms with van der Waals surface area (Å²) in [5.74, 6) is 0. The SMILES string of the molecule is Nc1ccccc1CO[C]=O. The van der Waals surface area contributed by atoms with Crippen LogP contribution >= 0.6 is 0 Å². The number of ether oxygens (including phenoxy) is 1. The van der Waals surface area contributed by atoms with Crippen LogP contribution in [-0.4, -0.2) is 6.47 Å². The van der Waals surface area contributed by atoms with Gasteiger partial charge >= 0.3 is 6.47 Å². The van der Waals surface area contributed by atoms with E-state index < -0.39 is 0 Å². The van der Waals surface area contributed by atoms with Crippen LogP contribution in [0.3, 0.4) is 0 Å². The molecular weight excluding hydrogens is 142 g/mol. The zero-order valence-electron chi connectivity index (χ0n) is 5.91. The second-order valence-electron chi connectivity index (χ2n) is 2.07. The van der Waals surface area contributed by atoms with E-state index in [9.17, 15) is 4.79 Å². The molecule has 3 heteroatoms. The van der Waals surface area contributed by atoms with E-state index in [-0.39, 0.29) is 6.61 Å². The van der Waals surface area contributed by atoms with Gasteiger partial charge in [-0.1, -0.05) is 18.2 Å². The minimum absolute atomic E-state index is 0.191. The normalized spacial score (nSPS) is 9.09. The lowest BCUT2D eigenvalue weighted by molar-refractivity contribution is 0.267. The molecule has 0 fully saturated rings. The van der Waals surface area contributed by atoms with E-state index in [4.69, 9.17) is 5.73 Å². The lowest BCUT2D eigenvalue weighted by Crippen LogP contribution is -1.95. The molecule has 0 heterocycles. The van der Waals surface area contributed by atoms with Gasteiger partial charge in [0.25, 0.3) is 0 Å². The lowest BCUT2D eigenvalue weighted by atomic mass is 10.2. The highest BCUT2D eigenvalue weighted by Gasteiger charge is 1.95. The summed E-state index contributed by atoms with van der Waals surface area (Å²) in [6.45, 7) is 1.53. The smallest absolute Gasteiger partial charge is 0.417 e. The highest BCUT2D eigenvalue weighted by Crippen LogP contribution is 2.10. The summed E-state index contributed by atoms with van der Waals surface area (Å²) < 4.78 is 4.41. The van der Waals surface area contributed by atoms with Crippen LogP contribution in [-0.2, 0) is 16.1 Å². The lowest BCUT2D eigenvalue weighted by Gasteiger charge is -2.01. The van der Waals surface area contributed by atoms with Gasteiger partial charge in [-0.15, -0.1) is 0 Å². The molecule has 0 aliphatic rings. The standard InChI is InChI=1S/C8H8NO2/c9-8-4-2-1-3-7(8)5-11-6-10/h1-4H,5,9H2. The van der Waals surface area contributed by atoms with E-state index in [0.29, 0.717) is 5.69 Å². The molecule has 11 heavy (non-hydrogen) atoms. The van der Waals surface area contributed by atoms with Gasteiger partial charge in [-0.05, 0) is 6.07 Å². The molecule has 0 aliphatic carbocycles. The van der Waals surface area contributed by atoms with Crippen molar-refractivity contribution in [1.29, 1.82) is 0 Å². The molecule has 2 N–H and O–H groups in total. The Hall–Kier alpha value is -1.51. The summed E-state index contributed by atoms with van der Waals surface area (Å²) in [5, 5.41) is 0. The van der Waals surface area contributed by atoms with E-state index in [1.165, 1.54) is 6.47 Å². The fourth-order valence-corrected chi connectivity index (χ4v) is 0.773. The van der Waals surface area contributed by atoms with Gasteiger partial charge < -0.3 is 10.5 Å². The van der Waals surface area contributed by atoms with Crippen molar-refractivity contribution in [3.8, 4) is 0 Å². The van der Waals surface area contributed by atoms with Crippen LogP contribution in [0.15, 0.2) is 24.3 Å². The highest BCUT2D eigenvalue weighted by molar-refractivity contribution is 5.47. The predicted octanol–water partition coefficient (Wildman–Crippen LogP) is 0.853. The van der Waals surface area contributed by atoms with Crippen LogP contribution in [0.2, 0.25) is 0 Å². The minimum atomic E-state index is 0.191. The van der Waals surface area contributed by atoms with E-state index in [1.807, 2.05) is 12.1 Å². The Labute approximate surface area is 64.8 Å². The molecule has 0 aromatic heterocycles. The summed E-state index contributed by atoms with van der Waals surface area (Å²) in [6, 6.07) is 7.21. The first-order valence-corrected chi connectivity index (χ1v) is 3.17. The Morgan fingerprint density at radius 2 is 2.18 bits per heavy atom. The maximum Gasteiger partial charge on any atom is 0.417 e. The predicted molar refractivity (Wildman–Crippen MR) is 41.3 cm³/mol. The fraction of sp³-hybridized carbons (Fsp3) is 0.125. The Morgan fingerprint density at radius 3 is 2.82 bits per heavy atom. The molecule has 0 saturated heterocycles. The average Bonchev–Trinajstić information content (AvgIpc) is 2.03. The zero-order chi connectivity index (χ0) is 8.10. The third-order valence-electron chi connectivity index (χ3n) is 1.34. The van der Waals surface area contributed by atoms with Crippen molar-refractivity contribution in [3.05, 3.63) is 29.8 Å². The number of anilines is 1. The van der Waals surface area contributed by atoms with Crippen LogP contribution in [0.4, 0.5) is 5.69 Å². The monoisotopic (exact) mass is 150 g/mol. The van der Waals surface area contributed by atoms with Crippen molar-refractivity contribution in [2.75, 3.05) is 5.73 Å². The number of hydrogen-bond donors (Lipinski definition) is 1. The van der Waals surface area contributed by atoms with Crippen molar-refractivity contribution in [1.82, 2.24) is 0 Å². The van der Waals surface area contributed by atoms with Crippen LogP contribution < -0.4 is 5.73 Å². The maximum absolute atomic E-state index is 9.70. The summed E-state index contributed by atoms with van der Waals surface area (Å²) in [5.41, 5.74) is 6.98. The second-order valence-corrected chi connectivity index (χ2v) is 2.07. The van der Waals surface area contributed by atoms with Gasteiger partial charge in [0, 0.05) is 11.3 Å². The van der Waals surface area contributed by atoms with E-state index >= 15 is 0 Å². The molecule has 0 atom stereocenters. The Bertz CT molecular complexity index is 248. The van der Waals surface area contributed by atoms with Gasteiger partial charge in [-0.3, -0.25) is 0 Å². The van der Waals surface area contributed by atoms with Crippen molar-refractivity contribution in [2.24, 2.45) is 0 Å². The third kappa shape index (κ3) is 1.97. The molecular formula is C8H8NO2. The molecule has 1 radical (unpaired) electrons. The molecule has 0 saturated carbocycles. The van der Waals surface area contributed by atoms with Crippen LogP contribution in [0.5, 0.6) is 0 Å². The summed E-state index contributed by atoms with van der Waals surface area (Å²) in [6.07, 6.45) is 0. The first-order valence-electron chi connectivity index (χ1n) is 3.17. The first kappa shape index (κ1) is 7.60. The minimum Gasteiger partial charge on any atom is -0.452 e. The quantitative estimate of drug-likeness (QED) is 0.650. The van der Waals surface area contributed by atoms with Gasteiger partial charge in [-0.25, -0.2) is 4.79 Å². The van der Waals surface area contributed by atoms with Gasteiger partial charge in [0.05, 0.1) is 0 Å². The molecule has 1 rings (SSSR count). The maximum atomic E-state index is 9.70. The molecule has 57 valence electrons. The van der Waals surface area contributed by atoms with Gasteiger partial charge in [0.15, 0.2) is 0 Å². The van der Waals surface area contributed by atoms with Crippen molar-refractivity contribution >= 4 is 12.2 Å². The number of nitrogens with two attached hydrogens (primary N) is 1. The second kappa shape index (κ2) is 3.61. The van der Waals surface area contributed by atoms with E-state index in [0.717, 1.165) is 5.56 Å². The topological polar surface area (TPSA) is 52.3 Å². The summed E-state index contributed by atoms with van der Waals surface area (Å²) >= 11 is 0. The number of nitrogen functional groups attached to an aromatic ring is 1. The Kier molecular flexibility index (Phi) is 2.49. The number of hydrogen-bond acceptors (Lipinski definition) is 3. The van der Waals surface area contributed by atoms with Gasteiger partial charge in [0.1, 0.15) is 6.61 Å². The van der Waals surface area contributed by atoms with Crippen molar-refractivity contribution in [2.45, 2.75) is 6.61 Å². The van der Waals surface area contributed by atoms with Crippen molar-refractivity contribution < 1.29 is 9.53 Å². The largest absolute Gasteiger partial charge is 0.452 e. The first-order chi connectivity index (χ1) is 5.34. The van der Waals surface area contributed by atoms with Crippen LogP contribution in [0.25, 0.3) is 0 Å². The van der Waals surface area contributed by atoms with Gasteiger partial charge in [0.2, 0.25) is 0 Å².